The highest BCUT2D eigenvalue weighted by atomic mass is 16.5. The fraction of sp³-hybridized carbons (Fsp3) is 1.00. The van der Waals surface area contributed by atoms with Gasteiger partial charge in [0, 0.05) is 0 Å². The molecule has 0 aromatic rings. The van der Waals surface area contributed by atoms with Crippen molar-refractivity contribution in [2.75, 3.05) is 0 Å². The summed E-state index contributed by atoms with van der Waals surface area (Å²) < 4.78 is 6.54. The van der Waals surface area contributed by atoms with E-state index in [0.29, 0.717) is 5.60 Å². The van der Waals surface area contributed by atoms with Crippen molar-refractivity contribution in [3.63, 3.8) is 0 Å². The molecule has 2 saturated heterocycles. The molecule has 0 N–H and O–H groups in total. The first kappa shape index (κ1) is 10.1. The van der Waals surface area contributed by atoms with Crippen LogP contribution in [0.1, 0.15) is 65.2 Å². The topological polar surface area (TPSA) is 9.23 Å². The highest BCUT2D eigenvalue weighted by Gasteiger charge is 2.54. The maximum atomic E-state index is 6.54. The van der Waals surface area contributed by atoms with Gasteiger partial charge in [0.2, 0.25) is 0 Å². The molecule has 0 atom stereocenters. The summed E-state index contributed by atoms with van der Waals surface area (Å²) in [5, 5.41) is 0. The van der Waals surface area contributed by atoms with E-state index < -0.39 is 0 Å². The maximum Gasteiger partial charge on any atom is 0.0718 e. The standard InChI is InChI=1S/C14H24O/c1-13(2)11-7-9-14(15-13,10-8-11)12-5-3-4-6-12/h11-12H,3-10H2,1-2H3. The van der Waals surface area contributed by atoms with Gasteiger partial charge in [-0.1, -0.05) is 12.8 Å². The van der Waals surface area contributed by atoms with Crippen molar-refractivity contribution in [1.29, 1.82) is 0 Å². The zero-order chi connectivity index (χ0) is 10.5. The van der Waals surface area contributed by atoms with Gasteiger partial charge in [0.05, 0.1) is 11.2 Å². The monoisotopic (exact) mass is 208 g/mol. The molecule has 1 nitrogen and oxygen atoms in total. The molecule has 0 unspecified atom stereocenters. The lowest BCUT2D eigenvalue weighted by molar-refractivity contribution is -0.257. The van der Waals surface area contributed by atoms with E-state index >= 15 is 0 Å². The normalized spacial score (nSPS) is 44.8. The van der Waals surface area contributed by atoms with Crippen molar-refractivity contribution in [2.24, 2.45) is 11.8 Å². The first-order valence-corrected chi connectivity index (χ1v) is 6.83. The van der Waals surface area contributed by atoms with Gasteiger partial charge in [-0.3, -0.25) is 0 Å². The van der Waals surface area contributed by atoms with Crippen LogP contribution in [0.4, 0.5) is 0 Å². The molecule has 15 heavy (non-hydrogen) atoms. The van der Waals surface area contributed by atoms with E-state index in [1.54, 1.807) is 0 Å². The Kier molecular flexibility index (Phi) is 2.18. The van der Waals surface area contributed by atoms with Crippen molar-refractivity contribution in [3.8, 4) is 0 Å². The number of fused-ring (bicyclic) bond motifs is 3. The molecule has 0 radical (unpaired) electrons. The van der Waals surface area contributed by atoms with Crippen LogP contribution in [0.15, 0.2) is 0 Å². The Morgan fingerprint density at radius 3 is 2.00 bits per heavy atom. The first-order chi connectivity index (χ1) is 7.12. The Bertz CT molecular complexity index is 242. The van der Waals surface area contributed by atoms with Gasteiger partial charge in [0.15, 0.2) is 0 Å². The predicted octanol–water partition coefficient (Wildman–Crippen LogP) is 3.91. The maximum absolute atomic E-state index is 6.54. The van der Waals surface area contributed by atoms with Crippen LogP contribution in [0.2, 0.25) is 0 Å². The summed E-state index contributed by atoms with van der Waals surface area (Å²) in [6.07, 6.45) is 11.3. The van der Waals surface area contributed by atoms with Crippen LogP contribution in [-0.2, 0) is 4.74 Å². The van der Waals surface area contributed by atoms with Crippen LogP contribution in [0.3, 0.4) is 0 Å². The molecule has 4 aliphatic rings. The van der Waals surface area contributed by atoms with Gasteiger partial charge < -0.3 is 4.74 Å². The molecule has 1 heteroatoms. The average Bonchev–Trinajstić information content (AvgIpc) is 2.70. The minimum atomic E-state index is 0.166. The SMILES string of the molecule is CC1(C)OC2(C3CCCC3)CCC1CC2. The van der Waals surface area contributed by atoms with Crippen molar-refractivity contribution >= 4 is 0 Å². The summed E-state index contributed by atoms with van der Waals surface area (Å²) in [5.74, 6) is 1.72. The Hall–Kier alpha value is -0.0400. The van der Waals surface area contributed by atoms with E-state index in [2.05, 4.69) is 13.8 Å². The molecule has 86 valence electrons. The Morgan fingerprint density at radius 2 is 1.47 bits per heavy atom. The van der Waals surface area contributed by atoms with Gasteiger partial charge in [-0.05, 0) is 64.2 Å². The quantitative estimate of drug-likeness (QED) is 0.634. The van der Waals surface area contributed by atoms with Gasteiger partial charge in [-0.2, -0.15) is 0 Å². The third-order valence-corrected chi connectivity index (χ3v) is 5.38. The van der Waals surface area contributed by atoms with Crippen molar-refractivity contribution in [3.05, 3.63) is 0 Å². The number of hydrogen-bond acceptors (Lipinski definition) is 1. The Balaban J connectivity index is 1.85. The summed E-state index contributed by atoms with van der Waals surface area (Å²) in [7, 11) is 0. The van der Waals surface area contributed by atoms with Crippen LogP contribution in [-0.4, -0.2) is 11.2 Å². The van der Waals surface area contributed by atoms with Crippen molar-refractivity contribution in [1.82, 2.24) is 0 Å². The van der Waals surface area contributed by atoms with Gasteiger partial charge in [-0.15, -0.1) is 0 Å². The smallest absolute Gasteiger partial charge is 0.0718 e. The zero-order valence-corrected chi connectivity index (χ0v) is 10.2. The van der Waals surface area contributed by atoms with Gasteiger partial charge in [-0.25, -0.2) is 0 Å². The highest BCUT2D eigenvalue weighted by Crippen LogP contribution is 2.55. The van der Waals surface area contributed by atoms with E-state index in [1.165, 1.54) is 51.4 Å². The third kappa shape index (κ3) is 1.46. The Labute approximate surface area is 93.6 Å². The molecule has 2 heterocycles. The molecule has 0 amide bonds. The third-order valence-electron chi connectivity index (χ3n) is 5.38. The molecular formula is C14H24O. The van der Waals surface area contributed by atoms with Crippen LogP contribution in [0.25, 0.3) is 0 Å². The van der Waals surface area contributed by atoms with Gasteiger partial charge >= 0.3 is 0 Å². The van der Waals surface area contributed by atoms with E-state index in [-0.39, 0.29) is 5.60 Å². The van der Waals surface area contributed by atoms with Crippen molar-refractivity contribution < 1.29 is 4.74 Å². The van der Waals surface area contributed by atoms with Crippen molar-refractivity contribution in [2.45, 2.75) is 76.4 Å². The van der Waals surface area contributed by atoms with E-state index in [1.807, 2.05) is 0 Å². The van der Waals surface area contributed by atoms with Gasteiger partial charge in [0.1, 0.15) is 0 Å². The van der Waals surface area contributed by atoms with E-state index in [9.17, 15) is 0 Å². The summed E-state index contributed by atoms with van der Waals surface area (Å²) in [4.78, 5) is 0. The second kappa shape index (κ2) is 3.23. The van der Waals surface area contributed by atoms with E-state index in [0.717, 1.165) is 11.8 Å². The van der Waals surface area contributed by atoms with Crippen LogP contribution < -0.4 is 0 Å². The second-order valence-corrected chi connectivity index (χ2v) is 6.53. The lowest BCUT2D eigenvalue weighted by Crippen LogP contribution is -2.58. The highest BCUT2D eigenvalue weighted by molar-refractivity contribution is 5.03. The molecule has 2 aliphatic carbocycles. The molecule has 0 aromatic carbocycles. The second-order valence-electron chi connectivity index (χ2n) is 6.53. The Morgan fingerprint density at radius 1 is 0.867 bits per heavy atom. The molecule has 2 bridgehead atoms. The molecule has 2 aliphatic heterocycles. The summed E-state index contributed by atoms with van der Waals surface area (Å²) >= 11 is 0. The fourth-order valence-corrected chi connectivity index (χ4v) is 4.45. The molecule has 0 spiro atoms. The molecular weight excluding hydrogens is 184 g/mol. The number of ether oxygens (including phenoxy) is 1. The molecule has 2 saturated carbocycles. The first-order valence-electron chi connectivity index (χ1n) is 6.83. The minimum Gasteiger partial charge on any atom is -0.369 e. The largest absolute Gasteiger partial charge is 0.369 e. The fourth-order valence-electron chi connectivity index (χ4n) is 4.45. The lowest BCUT2D eigenvalue weighted by atomic mass is 9.64. The van der Waals surface area contributed by atoms with Crippen LogP contribution >= 0.6 is 0 Å². The van der Waals surface area contributed by atoms with Crippen LogP contribution in [0, 0.1) is 11.8 Å². The zero-order valence-electron chi connectivity index (χ0n) is 10.2. The van der Waals surface area contributed by atoms with Gasteiger partial charge in [0.25, 0.3) is 0 Å². The molecule has 0 aromatic heterocycles. The molecule has 4 rings (SSSR count). The molecule has 4 fully saturated rings. The van der Waals surface area contributed by atoms with Crippen LogP contribution in [0.5, 0.6) is 0 Å². The summed E-state index contributed by atoms with van der Waals surface area (Å²) in [5.41, 5.74) is 0.466. The number of rotatable bonds is 1. The average molecular weight is 208 g/mol. The lowest BCUT2D eigenvalue weighted by Gasteiger charge is -2.57. The van der Waals surface area contributed by atoms with E-state index in [4.69, 9.17) is 4.74 Å². The number of hydrogen-bond donors (Lipinski definition) is 0. The summed E-state index contributed by atoms with van der Waals surface area (Å²) in [6.45, 7) is 4.64. The minimum absolute atomic E-state index is 0.166. The summed E-state index contributed by atoms with van der Waals surface area (Å²) in [6, 6.07) is 0. The predicted molar refractivity (Wildman–Crippen MR) is 61.8 cm³/mol.